The molecular formula is C22H25N3O3S. The molecule has 1 unspecified atom stereocenters. The van der Waals surface area contributed by atoms with Gasteiger partial charge in [0, 0.05) is 6.26 Å². The van der Waals surface area contributed by atoms with E-state index in [1.807, 2.05) is 24.3 Å². The Labute approximate surface area is 170 Å². The second-order valence-electron chi connectivity index (χ2n) is 7.87. The van der Waals surface area contributed by atoms with Crippen molar-refractivity contribution in [2.75, 3.05) is 11.6 Å². The summed E-state index contributed by atoms with van der Waals surface area (Å²) in [6, 6.07) is 14.3. The quantitative estimate of drug-likeness (QED) is 0.634. The number of para-hydroxylation sites is 2. The Kier molecular flexibility index (Phi) is 5.41. The van der Waals surface area contributed by atoms with Crippen LogP contribution < -0.4 is 5.32 Å². The molecule has 152 valence electrons. The minimum Gasteiger partial charge on any atom is -0.324 e. The minimum atomic E-state index is -3.27. The van der Waals surface area contributed by atoms with E-state index in [0.717, 1.165) is 35.9 Å². The summed E-state index contributed by atoms with van der Waals surface area (Å²) in [7, 11) is -3.27. The Bertz CT molecular complexity index is 1080. The fourth-order valence-electron chi connectivity index (χ4n) is 4.14. The average Bonchev–Trinajstić information content (AvgIpc) is 3.34. The first-order valence-corrected chi connectivity index (χ1v) is 11.8. The normalized spacial score (nSPS) is 16.2. The number of aromatic nitrogens is 2. The van der Waals surface area contributed by atoms with E-state index in [-0.39, 0.29) is 16.7 Å². The van der Waals surface area contributed by atoms with Crippen LogP contribution in [0.15, 0.2) is 53.4 Å². The predicted octanol–water partition coefficient (Wildman–Crippen LogP) is 4.27. The number of imidazole rings is 1. The van der Waals surface area contributed by atoms with Crippen molar-refractivity contribution < 1.29 is 13.2 Å². The van der Waals surface area contributed by atoms with Gasteiger partial charge in [0.25, 0.3) is 0 Å². The van der Waals surface area contributed by atoms with Crippen LogP contribution in [0.2, 0.25) is 0 Å². The van der Waals surface area contributed by atoms with Gasteiger partial charge in [0.05, 0.1) is 21.8 Å². The maximum Gasteiger partial charge on any atom is 0.234 e. The van der Waals surface area contributed by atoms with Crippen LogP contribution in [0.1, 0.15) is 43.6 Å². The van der Waals surface area contributed by atoms with Crippen LogP contribution in [0.4, 0.5) is 5.95 Å². The predicted molar refractivity (Wildman–Crippen MR) is 114 cm³/mol. The van der Waals surface area contributed by atoms with Crippen LogP contribution >= 0.6 is 0 Å². The molecule has 2 N–H and O–H groups in total. The van der Waals surface area contributed by atoms with Gasteiger partial charge in [-0.25, -0.2) is 13.4 Å². The fraction of sp³-hybridized carbons (Fsp3) is 0.364. The monoisotopic (exact) mass is 411 g/mol. The van der Waals surface area contributed by atoms with E-state index < -0.39 is 9.84 Å². The van der Waals surface area contributed by atoms with Gasteiger partial charge in [-0.2, -0.15) is 0 Å². The summed E-state index contributed by atoms with van der Waals surface area (Å²) in [6.07, 6.45) is 6.62. The molecule has 1 amide bonds. The van der Waals surface area contributed by atoms with Gasteiger partial charge in [-0.3, -0.25) is 10.1 Å². The Morgan fingerprint density at radius 2 is 1.83 bits per heavy atom. The number of nitrogens with zero attached hydrogens (tertiary/aromatic N) is 1. The molecule has 1 aliphatic carbocycles. The van der Waals surface area contributed by atoms with E-state index in [1.165, 1.54) is 19.1 Å². The number of anilines is 1. The van der Waals surface area contributed by atoms with Crippen molar-refractivity contribution in [1.82, 2.24) is 9.97 Å². The first-order chi connectivity index (χ1) is 13.9. The number of carbonyl (C=O) groups is 1. The molecule has 1 atom stereocenters. The van der Waals surface area contributed by atoms with Crippen molar-refractivity contribution >= 4 is 32.7 Å². The molecular weight excluding hydrogens is 386 g/mol. The molecule has 1 saturated carbocycles. The highest BCUT2D eigenvalue weighted by Crippen LogP contribution is 2.35. The van der Waals surface area contributed by atoms with Crippen molar-refractivity contribution in [3.63, 3.8) is 0 Å². The number of hydrogen-bond donors (Lipinski definition) is 2. The number of fused-ring (bicyclic) bond motifs is 1. The van der Waals surface area contributed by atoms with Crippen LogP contribution in [0.25, 0.3) is 11.0 Å². The van der Waals surface area contributed by atoms with Gasteiger partial charge in [-0.05, 0) is 42.2 Å². The molecule has 7 heteroatoms. The lowest BCUT2D eigenvalue weighted by atomic mass is 9.87. The maximum absolute atomic E-state index is 13.2. The first kappa shape index (κ1) is 19.6. The van der Waals surface area contributed by atoms with Crippen molar-refractivity contribution in [3.05, 3.63) is 54.1 Å². The van der Waals surface area contributed by atoms with Gasteiger partial charge in [0.2, 0.25) is 11.9 Å². The number of sulfone groups is 1. The summed E-state index contributed by atoms with van der Waals surface area (Å²) >= 11 is 0. The van der Waals surface area contributed by atoms with E-state index in [1.54, 1.807) is 24.3 Å². The van der Waals surface area contributed by atoms with Crippen molar-refractivity contribution in [2.24, 2.45) is 5.92 Å². The highest BCUT2D eigenvalue weighted by molar-refractivity contribution is 7.90. The molecule has 1 aliphatic rings. The zero-order valence-corrected chi connectivity index (χ0v) is 17.2. The zero-order valence-electron chi connectivity index (χ0n) is 16.4. The molecule has 1 fully saturated rings. The molecule has 3 aromatic rings. The molecule has 1 heterocycles. The Morgan fingerprint density at radius 3 is 2.48 bits per heavy atom. The fourth-order valence-corrected chi connectivity index (χ4v) is 4.77. The highest BCUT2D eigenvalue weighted by Gasteiger charge is 2.27. The number of nitrogens with one attached hydrogen (secondary N) is 2. The van der Waals surface area contributed by atoms with Crippen LogP contribution in [-0.4, -0.2) is 30.5 Å². The van der Waals surface area contributed by atoms with E-state index in [4.69, 9.17) is 0 Å². The topological polar surface area (TPSA) is 91.9 Å². The number of hydrogen-bond acceptors (Lipinski definition) is 4. The lowest BCUT2D eigenvalue weighted by molar-refractivity contribution is -0.118. The summed E-state index contributed by atoms with van der Waals surface area (Å²) in [5, 5.41) is 2.92. The second kappa shape index (κ2) is 7.99. The maximum atomic E-state index is 13.2. The summed E-state index contributed by atoms with van der Waals surface area (Å²) in [5.41, 5.74) is 2.50. The van der Waals surface area contributed by atoms with Gasteiger partial charge < -0.3 is 4.98 Å². The number of benzene rings is 2. The summed E-state index contributed by atoms with van der Waals surface area (Å²) in [5.74, 6) is 0.472. The molecule has 2 aromatic carbocycles. The van der Waals surface area contributed by atoms with E-state index in [2.05, 4.69) is 15.3 Å². The second-order valence-corrected chi connectivity index (χ2v) is 9.89. The van der Waals surface area contributed by atoms with Crippen molar-refractivity contribution in [1.29, 1.82) is 0 Å². The lowest BCUT2D eigenvalue weighted by Crippen LogP contribution is -2.23. The van der Waals surface area contributed by atoms with Crippen molar-refractivity contribution in [2.45, 2.75) is 42.9 Å². The van der Waals surface area contributed by atoms with Crippen LogP contribution in [0, 0.1) is 5.92 Å². The van der Waals surface area contributed by atoms with Crippen molar-refractivity contribution in [3.8, 4) is 0 Å². The third kappa shape index (κ3) is 4.50. The Hall–Kier alpha value is -2.67. The molecule has 0 radical (unpaired) electrons. The Balaban J connectivity index is 1.59. The molecule has 29 heavy (non-hydrogen) atoms. The number of rotatable bonds is 6. The zero-order chi connectivity index (χ0) is 20.4. The van der Waals surface area contributed by atoms with Crippen LogP contribution in [0.3, 0.4) is 0 Å². The number of amides is 1. The molecule has 0 aliphatic heterocycles. The molecule has 0 saturated heterocycles. The molecule has 4 rings (SSSR count). The minimum absolute atomic E-state index is 0.122. The van der Waals surface area contributed by atoms with Gasteiger partial charge in [0.15, 0.2) is 9.84 Å². The van der Waals surface area contributed by atoms with E-state index in [0.29, 0.717) is 11.9 Å². The van der Waals surface area contributed by atoms with Gasteiger partial charge in [-0.1, -0.05) is 49.9 Å². The largest absolute Gasteiger partial charge is 0.324 e. The standard InChI is InChI=1S/C22H25N3O3S/c1-29(27,28)17-12-10-16(11-13-17)18(14-15-6-2-3-7-15)21(26)25-22-23-19-8-4-5-9-20(19)24-22/h4-5,8-13,15,18H,2-3,6-7,14H2,1H3,(H2,23,24,25,26). The van der Waals surface area contributed by atoms with Gasteiger partial charge in [0.1, 0.15) is 0 Å². The smallest absolute Gasteiger partial charge is 0.234 e. The third-order valence-corrected chi connectivity index (χ3v) is 6.83. The highest BCUT2D eigenvalue weighted by atomic mass is 32.2. The van der Waals surface area contributed by atoms with Crippen LogP contribution in [-0.2, 0) is 14.6 Å². The SMILES string of the molecule is CS(=O)(=O)c1ccc(C(CC2CCCC2)C(=O)Nc2nc3ccccc3[nH]2)cc1. The summed E-state index contributed by atoms with van der Waals surface area (Å²) in [4.78, 5) is 21.0. The van der Waals surface area contributed by atoms with Gasteiger partial charge >= 0.3 is 0 Å². The molecule has 1 aromatic heterocycles. The number of aromatic amines is 1. The van der Waals surface area contributed by atoms with E-state index in [9.17, 15) is 13.2 Å². The molecule has 0 spiro atoms. The summed E-state index contributed by atoms with van der Waals surface area (Å²) < 4.78 is 23.5. The number of carbonyl (C=O) groups excluding carboxylic acids is 1. The third-order valence-electron chi connectivity index (χ3n) is 5.70. The average molecular weight is 412 g/mol. The summed E-state index contributed by atoms with van der Waals surface area (Å²) in [6.45, 7) is 0. The van der Waals surface area contributed by atoms with E-state index >= 15 is 0 Å². The molecule has 0 bridgehead atoms. The molecule has 6 nitrogen and oxygen atoms in total. The van der Waals surface area contributed by atoms with Gasteiger partial charge in [-0.15, -0.1) is 0 Å². The van der Waals surface area contributed by atoms with Crippen LogP contribution in [0.5, 0.6) is 0 Å². The first-order valence-electron chi connectivity index (χ1n) is 9.96. The number of H-pyrrole nitrogens is 1. The Morgan fingerprint density at radius 1 is 1.14 bits per heavy atom. The lowest BCUT2D eigenvalue weighted by Gasteiger charge is -2.20.